The van der Waals surface area contributed by atoms with Gasteiger partial charge in [0, 0.05) is 74.8 Å². The van der Waals surface area contributed by atoms with Gasteiger partial charge in [-0.2, -0.15) is 18.3 Å². The highest BCUT2D eigenvalue weighted by molar-refractivity contribution is 7.22. The number of halogens is 4. The molecule has 1 atom stereocenters. The van der Waals surface area contributed by atoms with Gasteiger partial charge in [-0.1, -0.05) is 60.6 Å². The molecule has 15 nitrogen and oxygen atoms in total. The first kappa shape index (κ1) is 51.6. The van der Waals surface area contributed by atoms with E-state index in [9.17, 15) is 24.3 Å². The minimum Gasteiger partial charge on any atom is -0.490 e. The number of carbonyl (C=O) groups excluding carboxylic acids is 3. The SMILES string of the molecule is Cn1nc(C2CCC(=O)NC2=O)c2cc(F)c(N3CCN(CCCCC4CCC(Oc5cccc(-c6ccc(N7CCc8cccc(C(=O)Nc9nc%10ccccc%10s9)c8C7)nc6C(=O)O)c5C(F)(F)F)CC4)CC3)cc21. The van der Waals surface area contributed by atoms with Crippen LogP contribution < -0.4 is 25.2 Å². The van der Waals surface area contributed by atoms with E-state index in [1.54, 1.807) is 23.9 Å². The fraction of sp³-hybridized carbons (Fsp3) is 0.386. The predicted octanol–water partition coefficient (Wildman–Crippen LogP) is 10.4. The number of piperidine rings is 1. The summed E-state index contributed by atoms with van der Waals surface area (Å²) in [5.74, 6) is -3.20. The third-order valence-electron chi connectivity index (χ3n) is 15.7. The van der Waals surface area contributed by atoms with Crippen molar-refractivity contribution < 1.29 is 46.6 Å². The second-order valence-corrected chi connectivity index (χ2v) is 21.6. The largest absolute Gasteiger partial charge is 0.490 e. The lowest BCUT2D eigenvalue weighted by Gasteiger charge is -2.36. The predicted molar refractivity (Wildman–Crippen MR) is 285 cm³/mol. The Labute approximate surface area is 445 Å². The van der Waals surface area contributed by atoms with Crippen molar-refractivity contribution in [2.24, 2.45) is 13.0 Å². The maximum atomic E-state index is 15.7. The molecule has 2 saturated heterocycles. The highest BCUT2D eigenvalue weighted by Crippen LogP contribution is 2.45. The van der Waals surface area contributed by atoms with Crippen LogP contribution in [0, 0.1) is 11.7 Å². The number of para-hydroxylation sites is 1. The van der Waals surface area contributed by atoms with E-state index < -0.39 is 41.3 Å². The fourth-order valence-electron chi connectivity index (χ4n) is 11.7. The molecule has 77 heavy (non-hydrogen) atoms. The molecule has 3 aliphatic heterocycles. The van der Waals surface area contributed by atoms with Crippen LogP contribution in [0.15, 0.2) is 84.9 Å². The summed E-state index contributed by atoms with van der Waals surface area (Å²) >= 11 is 1.36. The number of alkyl halides is 3. The van der Waals surface area contributed by atoms with Crippen LogP contribution in [0.4, 0.5) is 34.2 Å². The molecule has 4 aliphatic rings. The lowest BCUT2D eigenvalue weighted by molar-refractivity contribution is -0.139. The third-order valence-corrected chi connectivity index (χ3v) is 16.6. The van der Waals surface area contributed by atoms with Crippen molar-refractivity contribution in [3.05, 3.63) is 124 Å². The first-order chi connectivity index (χ1) is 37.1. The molecule has 400 valence electrons. The van der Waals surface area contributed by atoms with E-state index in [1.165, 1.54) is 47.7 Å². The number of fused-ring (bicyclic) bond motifs is 3. The van der Waals surface area contributed by atoms with E-state index in [2.05, 4.69) is 30.6 Å². The number of carboxylic acids is 1. The second-order valence-electron chi connectivity index (χ2n) is 20.5. The number of piperazine rings is 1. The Morgan fingerprint density at radius 1 is 0.857 bits per heavy atom. The molecule has 0 bridgehead atoms. The van der Waals surface area contributed by atoms with Crippen LogP contribution in [-0.2, 0) is 35.8 Å². The van der Waals surface area contributed by atoms with Crippen LogP contribution in [0.1, 0.15) is 107 Å². The van der Waals surface area contributed by atoms with Crippen molar-refractivity contribution in [1.82, 2.24) is 30.0 Å². The Bertz CT molecular complexity index is 3390. The zero-order chi connectivity index (χ0) is 53.5. The van der Waals surface area contributed by atoms with Gasteiger partial charge in [0.15, 0.2) is 10.8 Å². The molecule has 1 saturated carbocycles. The molecule has 1 unspecified atom stereocenters. The minimum atomic E-state index is -4.88. The summed E-state index contributed by atoms with van der Waals surface area (Å²) in [6, 6.07) is 23.2. The molecule has 4 aromatic carbocycles. The number of ether oxygens (including phenoxy) is 1. The van der Waals surface area contributed by atoms with Gasteiger partial charge in [-0.25, -0.2) is 19.2 Å². The Morgan fingerprint density at radius 3 is 2.42 bits per heavy atom. The number of nitrogens with zero attached hydrogens (tertiary/aromatic N) is 7. The molecule has 0 spiro atoms. The topological polar surface area (TPSA) is 175 Å². The monoisotopic (exact) mass is 1070 g/mol. The number of rotatable bonds is 14. The molecule has 7 aromatic rings. The molecule has 3 fully saturated rings. The summed E-state index contributed by atoms with van der Waals surface area (Å²) in [6.45, 7) is 4.43. The van der Waals surface area contributed by atoms with Gasteiger partial charge in [0.1, 0.15) is 22.9 Å². The molecule has 0 radical (unpaired) electrons. The average Bonchev–Trinajstić information content (AvgIpc) is 4.02. The fourth-order valence-corrected chi connectivity index (χ4v) is 12.5. The number of amides is 3. The Morgan fingerprint density at radius 2 is 1.65 bits per heavy atom. The molecule has 3 amide bonds. The number of imide groups is 1. The van der Waals surface area contributed by atoms with Crippen LogP contribution in [0.25, 0.3) is 32.2 Å². The maximum Gasteiger partial charge on any atom is 0.420 e. The van der Waals surface area contributed by atoms with Crippen molar-refractivity contribution in [2.75, 3.05) is 54.4 Å². The number of nitrogens with one attached hydrogen (secondary N) is 2. The van der Waals surface area contributed by atoms with Crippen LogP contribution in [-0.4, -0.2) is 98.8 Å². The van der Waals surface area contributed by atoms with Gasteiger partial charge < -0.3 is 19.6 Å². The number of anilines is 3. The van der Waals surface area contributed by atoms with Crippen LogP contribution in [0.5, 0.6) is 5.75 Å². The van der Waals surface area contributed by atoms with Crippen molar-refractivity contribution in [3.63, 3.8) is 0 Å². The molecule has 3 N–H and O–H groups in total. The number of hydrogen-bond acceptors (Lipinski definition) is 12. The average molecular weight is 1070 g/mol. The van der Waals surface area contributed by atoms with E-state index in [0.29, 0.717) is 78.7 Å². The highest BCUT2D eigenvalue weighted by Gasteiger charge is 2.40. The van der Waals surface area contributed by atoms with E-state index in [1.807, 2.05) is 46.2 Å². The molecule has 3 aromatic heterocycles. The zero-order valence-corrected chi connectivity index (χ0v) is 43.2. The van der Waals surface area contributed by atoms with Crippen molar-refractivity contribution in [3.8, 4) is 16.9 Å². The summed E-state index contributed by atoms with van der Waals surface area (Å²) in [5.41, 5.74) is 2.51. The summed E-state index contributed by atoms with van der Waals surface area (Å²) in [5, 5.41) is 21.3. The number of aromatic nitrogens is 4. The molecule has 20 heteroatoms. The summed E-state index contributed by atoms with van der Waals surface area (Å²) in [4.78, 5) is 66.1. The maximum absolute atomic E-state index is 15.7. The van der Waals surface area contributed by atoms with Crippen LogP contribution in [0.3, 0.4) is 0 Å². The Balaban J connectivity index is 0.681. The number of pyridine rings is 1. The van der Waals surface area contributed by atoms with E-state index >= 15 is 17.6 Å². The number of aromatic carboxylic acids is 1. The lowest BCUT2D eigenvalue weighted by Crippen LogP contribution is -2.46. The number of unbranched alkanes of at least 4 members (excludes halogenated alkanes) is 1. The first-order valence-electron chi connectivity index (χ1n) is 26.3. The van der Waals surface area contributed by atoms with Gasteiger partial charge in [-0.3, -0.25) is 34.6 Å². The summed E-state index contributed by atoms with van der Waals surface area (Å²) in [7, 11) is 1.77. The van der Waals surface area contributed by atoms with Gasteiger partial charge >= 0.3 is 12.1 Å². The molecular weight excluding hydrogens is 1010 g/mol. The molecule has 11 rings (SSSR count). The summed E-state index contributed by atoms with van der Waals surface area (Å²) < 4.78 is 70.0. The zero-order valence-electron chi connectivity index (χ0n) is 42.4. The normalized spacial score (nSPS) is 19.4. The lowest BCUT2D eigenvalue weighted by atomic mass is 9.84. The number of carbonyl (C=O) groups is 4. The van der Waals surface area contributed by atoms with E-state index in [-0.39, 0.29) is 53.3 Å². The minimum absolute atomic E-state index is 0.182. The van der Waals surface area contributed by atoms with E-state index in [0.717, 1.165) is 78.6 Å². The van der Waals surface area contributed by atoms with Crippen LogP contribution in [0.2, 0.25) is 0 Å². The Hall–Kier alpha value is -7.45. The van der Waals surface area contributed by atoms with Crippen molar-refractivity contribution in [2.45, 2.75) is 89.0 Å². The van der Waals surface area contributed by atoms with E-state index in [4.69, 9.17) is 4.74 Å². The Kier molecular flexibility index (Phi) is 14.4. The third kappa shape index (κ3) is 10.8. The van der Waals surface area contributed by atoms with Gasteiger partial charge in [0.2, 0.25) is 11.8 Å². The van der Waals surface area contributed by atoms with Gasteiger partial charge in [-0.15, -0.1) is 0 Å². The first-order valence-corrected chi connectivity index (χ1v) is 27.1. The molecule has 1 aliphatic carbocycles. The van der Waals surface area contributed by atoms with Gasteiger partial charge in [0.05, 0.1) is 39.1 Å². The number of carboxylic acid groups (broad SMARTS) is 1. The van der Waals surface area contributed by atoms with Crippen molar-refractivity contribution in [1.29, 1.82) is 0 Å². The van der Waals surface area contributed by atoms with Gasteiger partial charge in [0.25, 0.3) is 5.91 Å². The molecular formula is C57H57F4N9O6S. The number of thiazole rings is 1. The number of aryl methyl sites for hydroxylation is 1. The quantitative estimate of drug-likeness (QED) is 0.0535. The highest BCUT2D eigenvalue weighted by atomic mass is 32.1. The number of benzene rings is 4. The summed E-state index contributed by atoms with van der Waals surface area (Å²) in [6.07, 6.45) is 1.57. The second kappa shape index (κ2) is 21.5. The van der Waals surface area contributed by atoms with Crippen molar-refractivity contribution >= 4 is 72.8 Å². The smallest absolute Gasteiger partial charge is 0.420 e. The van der Waals surface area contributed by atoms with Gasteiger partial charge in [-0.05, 0) is 117 Å². The standard InChI is InChI=1S/C57H57F4N9O6S/c1-67-44-31-45(42(58)30-40(44)51(66-67)39-20-22-49(71)64-54(39)73)69-28-26-68(27-29-69)24-5-4-8-33-15-17-35(18-16-33)76-46-13-7-10-36(50(46)57(59,60)61)37-19-21-48(63-52(37)55(74)75)70-25-23-34-9-6-11-38(41(34)32-70)53(72)65-56-62-43-12-2-3-14-47(43)77-56/h2-3,6-7,9-14,19,21,30-31,33,35,39H,4-5,8,15-18,20,22-29,32H2,1H3,(H,74,75)(H,62,65,72)(H,64,71,73). The number of hydrogen-bond donors (Lipinski definition) is 3. The molecule has 6 heterocycles. The van der Waals surface area contributed by atoms with Crippen LogP contribution >= 0.6 is 11.3 Å².